The van der Waals surface area contributed by atoms with Crippen LogP contribution in [0.1, 0.15) is 18.0 Å². The highest BCUT2D eigenvalue weighted by Crippen LogP contribution is 2.16. The molecule has 2 heterocycles. The molecule has 0 saturated carbocycles. The van der Waals surface area contributed by atoms with Crippen LogP contribution in [0.5, 0.6) is 0 Å². The molecular formula is C23H25N3O4. The van der Waals surface area contributed by atoms with Gasteiger partial charge in [0.25, 0.3) is 5.56 Å². The van der Waals surface area contributed by atoms with Crippen LogP contribution in [0, 0.1) is 5.92 Å². The molecule has 0 aliphatic carbocycles. The molecule has 1 amide bonds. The van der Waals surface area contributed by atoms with Crippen molar-refractivity contribution in [3.8, 4) is 0 Å². The average Bonchev–Trinajstić information content (AvgIpc) is 3.30. The Morgan fingerprint density at radius 1 is 1.13 bits per heavy atom. The van der Waals surface area contributed by atoms with Crippen LogP contribution in [-0.2, 0) is 23.0 Å². The fourth-order valence-electron chi connectivity index (χ4n) is 3.95. The van der Waals surface area contributed by atoms with Gasteiger partial charge in [0.05, 0.1) is 17.5 Å². The number of benzene rings is 2. The molecule has 1 N–H and O–H groups in total. The molecule has 156 valence electrons. The molecule has 1 aliphatic heterocycles. The highest BCUT2D eigenvalue weighted by atomic mass is 16.5. The van der Waals surface area contributed by atoms with Crippen LogP contribution in [0.15, 0.2) is 64.2 Å². The van der Waals surface area contributed by atoms with Crippen molar-refractivity contribution in [1.82, 2.24) is 14.5 Å². The second-order valence-corrected chi connectivity index (χ2v) is 7.71. The third-order valence-electron chi connectivity index (χ3n) is 5.68. The molecule has 1 fully saturated rings. The zero-order valence-corrected chi connectivity index (χ0v) is 16.9. The SMILES string of the molecule is Cn1c(=O)n([C@@H](Cc2ccccc2)C(=O)NC[C@H]2CCOC2)c(=O)c2ccccc21. The van der Waals surface area contributed by atoms with Crippen LogP contribution >= 0.6 is 0 Å². The molecule has 1 saturated heterocycles. The molecule has 2 aromatic carbocycles. The molecular weight excluding hydrogens is 382 g/mol. The first-order valence-electron chi connectivity index (χ1n) is 10.2. The maximum absolute atomic E-state index is 13.2. The number of aryl methyl sites for hydroxylation is 1. The number of fused-ring (bicyclic) bond motifs is 1. The van der Waals surface area contributed by atoms with E-state index in [-0.39, 0.29) is 18.2 Å². The Labute approximate surface area is 173 Å². The van der Waals surface area contributed by atoms with Crippen molar-refractivity contribution in [1.29, 1.82) is 0 Å². The first-order valence-corrected chi connectivity index (χ1v) is 10.2. The number of hydrogen-bond acceptors (Lipinski definition) is 4. The molecule has 7 heteroatoms. The predicted molar refractivity (Wildman–Crippen MR) is 115 cm³/mol. The Morgan fingerprint density at radius 2 is 1.87 bits per heavy atom. The van der Waals surface area contributed by atoms with Gasteiger partial charge in [-0.2, -0.15) is 0 Å². The van der Waals surface area contributed by atoms with Gasteiger partial charge in [0.1, 0.15) is 6.04 Å². The fraction of sp³-hybridized carbons (Fsp3) is 0.348. The van der Waals surface area contributed by atoms with E-state index in [0.717, 1.165) is 16.6 Å². The van der Waals surface area contributed by atoms with E-state index in [9.17, 15) is 14.4 Å². The number of nitrogens with one attached hydrogen (secondary N) is 1. The van der Waals surface area contributed by atoms with Gasteiger partial charge in [0.15, 0.2) is 0 Å². The number of carbonyl (C=O) groups is 1. The molecule has 2 atom stereocenters. The average molecular weight is 407 g/mol. The molecule has 0 spiro atoms. The molecule has 1 aliphatic rings. The Morgan fingerprint density at radius 3 is 2.60 bits per heavy atom. The van der Waals surface area contributed by atoms with Gasteiger partial charge in [0.2, 0.25) is 5.91 Å². The standard InChI is InChI=1S/C23H25N3O4/c1-25-19-10-6-5-9-18(19)22(28)26(23(25)29)20(13-16-7-3-2-4-8-16)21(27)24-14-17-11-12-30-15-17/h2-10,17,20H,11-15H2,1H3,(H,24,27)/t17-,20+/m1/s1. The number of para-hydroxylation sites is 1. The van der Waals surface area contributed by atoms with E-state index in [1.54, 1.807) is 31.3 Å². The summed E-state index contributed by atoms with van der Waals surface area (Å²) in [6, 6.07) is 15.4. The highest BCUT2D eigenvalue weighted by Gasteiger charge is 2.27. The Hall–Kier alpha value is -3.19. The third-order valence-corrected chi connectivity index (χ3v) is 5.68. The molecule has 1 aromatic heterocycles. The minimum atomic E-state index is -0.939. The zero-order chi connectivity index (χ0) is 21.1. The number of amides is 1. The summed E-state index contributed by atoms with van der Waals surface area (Å²) in [6.07, 6.45) is 1.14. The summed E-state index contributed by atoms with van der Waals surface area (Å²) in [6.45, 7) is 1.77. The van der Waals surface area contributed by atoms with Crippen molar-refractivity contribution < 1.29 is 9.53 Å². The van der Waals surface area contributed by atoms with Gasteiger partial charge in [-0.1, -0.05) is 42.5 Å². The van der Waals surface area contributed by atoms with Crippen molar-refractivity contribution in [3.05, 3.63) is 81.0 Å². The van der Waals surface area contributed by atoms with Crippen molar-refractivity contribution >= 4 is 16.8 Å². The van der Waals surface area contributed by atoms with E-state index < -0.39 is 17.3 Å². The summed E-state index contributed by atoms with van der Waals surface area (Å²) in [4.78, 5) is 39.6. The number of hydrogen-bond donors (Lipinski definition) is 1. The molecule has 0 unspecified atom stereocenters. The lowest BCUT2D eigenvalue weighted by atomic mass is 10.0. The number of nitrogens with zero attached hydrogens (tertiary/aromatic N) is 2. The number of ether oxygens (including phenoxy) is 1. The molecule has 0 radical (unpaired) electrons. The maximum atomic E-state index is 13.2. The van der Waals surface area contributed by atoms with Crippen molar-refractivity contribution in [3.63, 3.8) is 0 Å². The van der Waals surface area contributed by atoms with Crippen molar-refractivity contribution in [2.24, 2.45) is 13.0 Å². The van der Waals surface area contributed by atoms with E-state index in [1.807, 2.05) is 30.3 Å². The van der Waals surface area contributed by atoms with Crippen LogP contribution in [-0.4, -0.2) is 34.8 Å². The van der Waals surface area contributed by atoms with Crippen molar-refractivity contribution in [2.45, 2.75) is 18.9 Å². The summed E-state index contributed by atoms with van der Waals surface area (Å²) in [5.41, 5.74) is 0.475. The molecule has 30 heavy (non-hydrogen) atoms. The van der Waals surface area contributed by atoms with Gasteiger partial charge in [-0.3, -0.25) is 14.2 Å². The minimum absolute atomic E-state index is 0.251. The van der Waals surface area contributed by atoms with E-state index in [1.165, 1.54) is 4.57 Å². The van der Waals surface area contributed by atoms with E-state index in [2.05, 4.69) is 5.32 Å². The van der Waals surface area contributed by atoms with Crippen molar-refractivity contribution in [2.75, 3.05) is 19.8 Å². The van der Waals surface area contributed by atoms with Gasteiger partial charge in [-0.25, -0.2) is 9.36 Å². The highest BCUT2D eigenvalue weighted by molar-refractivity contribution is 5.82. The number of carbonyl (C=O) groups excluding carboxylic acids is 1. The molecule has 4 rings (SSSR count). The summed E-state index contributed by atoms with van der Waals surface area (Å²) >= 11 is 0. The summed E-state index contributed by atoms with van der Waals surface area (Å²) in [7, 11) is 1.62. The smallest absolute Gasteiger partial charge is 0.331 e. The number of rotatable bonds is 6. The van der Waals surface area contributed by atoms with Gasteiger partial charge >= 0.3 is 5.69 Å². The van der Waals surface area contributed by atoms with Gasteiger partial charge in [-0.15, -0.1) is 0 Å². The Balaban J connectivity index is 1.76. The van der Waals surface area contributed by atoms with E-state index in [4.69, 9.17) is 4.74 Å². The monoisotopic (exact) mass is 407 g/mol. The summed E-state index contributed by atoms with van der Waals surface area (Å²) in [5, 5.41) is 3.35. The molecule has 0 bridgehead atoms. The lowest BCUT2D eigenvalue weighted by Gasteiger charge is -2.21. The topological polar surface area (TPSA) is 82.3 Å². The van der Waals surface area contributed by atoms with Crippen LogP contribution in [0.2, 0.25) is 0 Å². The van der Waals surface area contributed by atoms with E-state index >= 15 is 0 Å². The van der Waals surface area contributed by atoms with Crippen LogP contribution in [0.4, 0.5) is 0 Å². The molecule has 7 nitrogen and oxygen atoms in total. The first kappa shape index (κ1) is 20.1. The second kappa shape index (κ2) is 8.67. The Kier molecular flexibility index (Phi) is 5.81. The fourth-order valence-corrected chi connectivity index (χ4v) is 3.95. The lowest BCUT2D eigenvalue weighted by Crippen LogP contribution is -2.48. The van der Waals surface area contributed by atoms with Crippen LogP contribution in [0.3, 0.4) is 0 Å². The van der Waals surface area contributed by atoms with Gasteiger partial charge in [0, 0.05) is 32.5 Å². The van der Waals surface area contributed by atoms with E-state index in [0.29, 0.717) is 30.7 Å². The summed E-state index contributed by atoms with van der Waals surface area (Å²) in [5.74, 6) is -0.0808. The first-order chi connectivity index (χ1) is 14.6. The Bertz CT molecular complexity index is 1160. The lowest BCUT2D eigenvalue weighted by molar-refractivity contribution is -0.124. The molecule has 3 aromatic rings. The number of aromatic nitrogens is 2. The van der Waals surface area contributed by atoms with Gasteiger partial charge < -0.3 is 10.1 Å². The maximum Gasteiger partial charge on any atom is 0.331 e. The predicted octanol–water partition coefficient (Wildman–Crippen LogP) is 1.64. The largest absolute Gasteiger partial charge is 0.381 e. The normalized spacial score (nSPS) is 17.2. The third kappa shape index (κ3) is 3.93. The van der Waals surface area contributed by atoms with Crippen LogP contribution in [0.25, 0.3) is 10.9 Å². The minimum Gasteiger partial charge on any atom is -0.381 e. The quantitative estimate of drug-likeness (QED) is 0.674. The van der Waals surface area contributed by atoms with Crippen LogP contribution < -0.4 is 16.6 Å². The van der Waals surface area contributed by atoms with Gasteiger partial charge in [-0.05, 0) is 24.1 Å². The zero-order valence-electron chi connectivity index (χ0n) is 16.9. The second-order valence-electron chi connectivity index (χ2n) is 7.71. The summed E-state index contributed by atoms with van der Waals surface area (Å²) < 4.78 is 7.89.